The molecule has 1 unspecified atom stereocenters. The van der Waals surface area contributed by atoms with Gasteiger partial charge >= 0.3 is 0 Å². The van der Waals surface area contributed by atoms with Crippen LogP contribution in [0.3, 0.4) is 0 Å². The Morgan fingerprint density at radius 3 is 2.80 bits per heavy atom. The Kier molecular flexibility index (Phi) is 7.69. The Morgan fingerprint density at radius 2 is 2.13 bits per heavy atom. The third-order valence-electron chi connectivity index (χ3n) is 3.89. The first-order valence-electron chi connectivity index (χ1n) is 9.20. The van der Waals surface area contributed by atoms with E-state index in [4.69, 9.17) is 9.47 Å². The zero-order chi connectivity index (χ0) is 21.5. The topological polar surface area (TPSA) is 96.4 Å². The van der Waals surface area contributed by atoms with Gasteiger partial charge in [-0.2, -0.15) is 0 Å². The molecule has 7 nitrogen and oxygen atoms in total. The monoisotopic (exact) mass is 444 g/mol. The van der Waals surface area contributed by atoms with E-state index in [1.54, 1.807) is 19.4 Å². The van der Waals surface area contributed by atoms with Crippen LogP contribution in [0.4, 0.5) is 10.8 Å². The van der Waals surface area contributed by atoms with Crippen molar-refractivity contribution < 1.29 is 18.2 Å². The molecule has 0 aliphatic rings. The molecule has 2 aromatic heterocycles. The first-order valence-corrected chi connectivity index (χ1v) is 11.2. The molecule has 158 valence electrons. The number of aromatic nitrogens is 2. The number of nitrogens with one attached hydrogen (secondary N) is 1. The van der Waals surface area contributed by atoms with Crippen LogP contribution in [0.5, 0.6) is 5.75 Å². The summed E-state index contributed by atoms with van der Waals surface area (Å²) in [6, 6.07) is 8.54. The van der Waals surface area contributed by atoms with E-state index in [1.807, 2.05) is 43.5 Å². The second-order valence-electron chi connectivity index (χ2n) is 6.55. The lowest BCUT2D eigenvalue weighted by Gasteiger charge is -2.16. The quantitative estimate of drug-likeness (QED) is 0.481. The average Bonchev–Trinajstić information content (AvgIpc) is 3.18. The molecule has 0 saturated carbocycles. The average molecular weight is 445 g/mol. The van der Waals surface area contributed by atoms with E-state index in [9.17, 15) is 8.76 Å². The predicted octanol–water partition coefficient (Wildman–Crippen LogP) is 4.63. The van der Waals surface area contributed by atoms with Crippen LogP contribution in [0.25, 0.3) is 17.3 Å². The molecule has 0 aliphatic carbocycles. The third kappa shape index (κ3) is 5.96. The van der Waals surface area contributed by atoms with Gasteiger partial charge in [-0.1, -0.05) is 6.08 Å². The van der Waals surface area contributed by atoms with E-state index in [1.165, 1.54) is 23.5 Å². The first kappa shape index (κ1) is 22.1. The molecule has 9 heteroatoms. The molecule has 3 rings (SSSR count). The Balaban J connectivity index is 1.80. The van der Waals surface area contributed by atoms with Crippen molar-refractivity contribution in [3.63, 3.8) is 0 Å². The van der Waals surface area contributed by atoms with Crippen LogP contribution < -0.4 is 10.1 Å². The van der Waals surface area contributed by atoms with Crippen molar-refractivity contribution in [1.29, 1.82) is 0 Å². The zero-order valence-electron chi connectivity index (χ0n) is 16.8. The number of ether oxygens (including phenoxy) is 2. The van der Waals surface area contributed by atoms with Crippen molar-refractivity contribution in [2.24, 2.45) is 0 Å². The second-order valence-corrected chi connectivity index (χ2v) is 8.35. The van der Waals surface area contributed by atoms with Gasteiger partial charge in [-0.25, -0.2) is 4.98 Å². The van der Waals surface area contributed by atoms with Crippen molar-refractivity contribution in [3.8, 4) is 17.0 Å². The second kappa shape index (κ2) is 10.4. The molecule has 0 saturated heterocycles. The summed E-state index contributed by atoms with van der Waals surface area (Å²) in [6.45, 7) is 4.35. The Labute approximate surface area is 182 Å². The van der Waals surface area contributed by atoms with E-state index >= 15 is 0 Å². The molecule has 0 bridgehead atoms. The fraction of sp³-hybridized carbons (Fsp3) is 0.238. The maximum Gasteiger partial charge on any atom is 0.187 e. The van der Waals surface area contributed by atoms with Crippen LogP contribution in [0.1, 0.15) is 19.5 Å². The Hall–Kier alpha value is -2.59. The fourth-order valence-electron chi connectivity index (χ4n) is 2.57. The minimum absolute atomic E-state index is 0.0523. The highest BCUT2D eigenvalue weighted by atomic mass is 32.2. The highest BCUT2D eigenvalue weighted by Gasteiger charge is 2.11. The molecule has 0 radical (unpaired) electrons. The van der Waals surface area contributed by atoms with Crippen LogP contribution >= 0.6 is 11.3 Å². The molecule has 3 aromatic rings. The maximum atomic E-state index is 11.3. The summed E-state index contributed by atoms with van der Waals surface area (Å²) in [5.41, 5.74) is 3.04. The van der Waals surface area contributed by atoms with Gasteiger partial charge in [0.05, 0.1) is 29.8 Å². The standard InChI is InChI=1S/C21H23N3O4S2/c1-14(2)28-20-9-8-17(30(25)26)11-18(20)23-21-24-19(13-29-21)15-6-7-16(22-12-15)5-4-10-27-3/h4-9,11-14H,10H2,1-3H3,(H,23,24)(H,25,26)/p-1. The smallest absolute Gasteiger partial charge is 0.187 e. The lowest BCUT2D eigenvalue weighted by atomic mass is 10.2. The number of hydrogen-bond acceptors (Lipinski definition) is 8. The summed E-state index contributed by atoms with van der Waals surface area (Å²) >= 11 is -0.921. The van der Waals surface area contributed by atoms with Gasteiger partial charge in [0.15, 0.2) is 5.13 Å². The Morgan fingerprint density at radius 1 is 1.30 bits per heavy atom. The molecule has 0 amide bonds. The number of methoxy groups -OCH3 is 1. The summed E-state index contributed by atoms with van der Waals surface area (Å²) < 4.78 is 33.4. The lowest BCUT2D eigenvalue weighted by molar-refractivity contribution is 0.234. The number of rotatable bonds is 9. The molecule has 1 atom stereocenters. The van der Waals surface area contributed by atoms with Crippen LogP contribution in [-0.4, -0.2) is 38.6 Å². The molecule has 1 N–H and O–H groups in total. The minimum Gasteiger partial charge on any atom is -0.768 e. The summed E-state index contributed by atoms with van der Waals surface area (Å²) in [5, 5.41) is 5.71. The number of thiazole rings is 1. The third-order valence-corrected chi connectivity index (χ3v) is 5.28. The number of pyridine rings is 1. The van der Waals surface area contributed by atoms with Crippen LogP contribution in [-0.2, 0) is 15.8 Å². The molecule has 1 aromatic carbocycles. The number of hydrogen-bond donors (Lipinski definition) is 1. The van der Waals surface area contributed by atoms with E-state index < -0.39 is 11.1 Å². The zero-order valence-corrected chi connectivity index (χ0v) is 18.5. The maximum absolute atomic E-state index is 11.3. The molecular formula is C21H22N3O4S2-. The highest BCUT2D eigenvalue weighted by Crippen LogP contribution is 2.33. The van der Waals surface area contributed by atoms with Gasteiger partial charge in [-0.05, 0) is 61.3 Å². The molecule has 0 spiro atoms. The fourth-order valence-corrected chi connectivity index (χ4v) is 3.69. The Bertz CT molecular complexity index is 1030. The van der Waals surface area contributed by atoms with Crippen LogP contribution in [0, 0.1) is 0 Å². The number of nitrogens with zero attached hydrogens (tertiary/aromatic N) is 2. The minimum atomic E-state index is -2.33. The highest BCUT2D eigenvalue weighted by molar-refractivity contribution is 7.79. The normalized spacial score (nSPS) is 12.4. The van der Waals surface area contributed by atoms with Crippen molar-refractivity contribution in [3.05, 3.63) is 53.7 Å². The van der Waals surface area contributed by atoms with Gasteiger partial charge in [-0.15, -0.1) is 11.3 Å². The van der Waals surface area contributed by atoms with Gasteiger partial charge in [-0.3, -0.25) is 9.19 Å². The van der Waals surface area contributed by atoms with Gasteiger partial charge in [0.25, 0.3) is 0 Å². The van der Waals surface area contributed by atoms with Crippen LogP contribution in [0.15, 0.2) is 52.9 Å². The van der Waals surface area contributed by atoms with Gasteiger partial charge in [0.2, 0.25) is 0 Å². The molecule has 2 heterocycles. The van der Waals surface area contributed by atoms with Gasteiger partial charge < -0.3 is 19.3 Å². The van der Waals surface area contributed by atoms with E-state index in [0.717, 1.165) is 17.0 Å². The van der Waals surface area contributed by atoms with Crippen LogP contribution in [0.2, 0.25) is 0 Å². The van der Waals surface area contributed by atoms with E-state index in [0.29, 0.717) is 23.2 Å². The van der Waals surface area contributed by atoms with Crippen molar-refractivity contribution in [1.82, 2.24) is 9.97 Å². The lowest BCUT2D eigenvalue weighted by Crippen LogP contribution is -2.08. The summed E-state index contributed by atoms with van der Waals surface area (Å²) in [6.07, 6.45) is 5.50. The SMILES string of the molecule is COCC=Cc1ccc(-c2csc(Nc3cc(S(=O)[O-])ccc3OC(C)C)n2)cn1. The molecule has 0 fully saturated rings. The van der Waals surface area contributed by atoms with E-state index in [-0.39, 0.29) is 11.0 Å². The number of benzene rings is 1. The first-order chi connectivity index (χ1) is 14.5. The molecule has 30 heavy (non-hydrogen) atoms. The summed E-state index contributed by atoms with van der Waals surface area (Å²) in [5.74, 6) is 0.560. The summed E-state index contributed by atoms with van der Waals surface area (Å²) in [4.78, 5) is 9.18. The van der Waals surface area contributed by atoms with Crippen molar-refractivity contribution in [2.75, 3.05) is 19.0 Å². The number of anilines is 2. The van der Waals surface area contributed by atoms with Crippen molar-refractivity contribution in [2.45, 2.75) is 24.8 Å². The van der Waals surface area contributed by atoms with Gasteiger partial charge in [0.1, 0.15) is 5.75 Å². The molecule has 0 aliphatic heterocycles. The summed E-state index contributed by atoms with van der Waals surface area (Å²) in [7, 11) is 1.64. The molecular weight excluding hydrogens is 422 g/mol. The predicted molar refractivity (Wildman–Crippen MR) is 119 cm³/mol. The van der Waals surface area contributed by atoms with Crippen molar-refractivity contribution >= 4 is 39.3 Å². The van der Waals surface area contributed by atoms with Gasteiger partial charge in [0, 0.05) is 29.1 Å². The largest absolute Gasteiger partial charge is 0.768 e. The van der Waals surface area contributed by atoms with E-state index in [2.05, 4.69) is 15.3 Å².